The van der Waals surface area contributed by atoms with E-state index in [1.807, 2.05) is 0 Å². The van der Waals surface area contributed by atoms with Crippen LogP contribution in [0.25, 0.3) is 0 Å². The number of aromatic nitrogens is 2. The molecule has 0 amide bonds. The van der Waals surface area contributed by atoms with E-state index in [0.717, 1.165) is 0 Å². The summed E-state index contributed by atoms with van der Waals surface area (Å²) in [4.78, 5) is 10.3. The Morgan fingerprint density at radius 2 is 2.20 bits per heavy atom. The lowest BCUT2D eigenvalue weighted by Crippen LogP contribution is -1.95. The topological polar surface area (TPSA) is 66.0 Å². The lowest BCUT2D eigenvalue weighted by atomic mass is 10.4. The van der Waals surface area contributed by atoms with Gasteiger partial charge in [0.05, 0.1) is 0 Å². The SMILES string of the molecule is O=C(O)c1c(Cl)n[nH]c1Cl. The number of nitrogens with one attached hydrogen (secondary N) is 1. The van der Waals surface area contributed by atoms with E-state index in [9.17, 15) is 4.79 Å². The maximum absolute atomic E-state index is 10.3. The Bertz CT molecular complexity index is 251. The van der Waals surface area contributed by atoms with Crippen LogP contribution in [0.2, 0.25) is 10.3 Å². The summed E-state index contributed by atoms with van der Waals surface area (Å²) in [6.45, 7) is 0. The molecule has 10 heavy (non-hydrogen) atoms. The first-order valence-electron chi connectivity index (χ1n) is 2.25. The van der Waals surface area contributed by atoms with Crippen LogP contribution in [0.4, 0.5) is 0 Å². The van der Waals surface area contributed by atoms with Crippen molar-refractivity contribution in [3.63, 3.8) is 0 Å². The van der Waals surface area contributed by atoms with E-state index in [2.05, 4.69) is 10.2 Å². The van der Waals surface area contributed by atoms with Crippen LogP contribution in [0.15, 0.2) is 0 Å². The molecule has 0 saturated carbocycles. The first-order valence-corrected chi connectivity index (χ1v) is 3.01. The highest BCUT2D eigenvalue weighted by Crippen LogP contribution is 2.19. The van der Waals surface area contributed by atoms with Crippen LogP contribution in [-0.2, 0) is 0 Å². The van der Waals surface area contributed by atoms with E-state index in [0.29, 0.717) is 0 Å². The lowest BCUT2D eigenvalue weighted by Gasteiger charge is -1.85. The second-order valence-corrected chi connectivity index (χ2v) is 2.24. The average Bonchev–Trinajstić information content (AvgIpc) is 2.11. The van der Waals surface area contributed by atoms with Crippen LogP contribution < -0.4 is 0 Å². The third-order valence-corrected chi connectivity index (χ3v) is 1.44. The number of rotatable bonds is 1. The van der Waals surface area contributed by atoms with Gasteiger partial charge in [-0.3, -0.25) is 5.10 Å². The van der Waals surface area contributed by atoms with Gasteiger partial charge < -0.3 is 5.11 Å². The molecule has 6 heteroatoms. The highest BCUT2D eigenvalue weighted by Gasteiger charge is 2.16. The Hall–Kier alpha value is -0.740. The Kier molecular flexibility index (Phi) is 1.82. The smallest absolute Gasteiger partial charge is 0.342 e. The molecule has 54 valence electrons. The predicted octanol–water partition coefficient (Wildman–Crippen LogP) is 1.41. The highest BCUT2D eigenvalue weighted by atomic mass is 35.5. The van der Waals surface area contributed by atoms with Crippen molar-refractivity contribution in [2.45, 2.75) is 0 Å². The van der Waals surface area contributed by atoms with Gasteiger partial charge in [0.15, 0.2) is 5.15 Å². The molecule has 0 fully saturated rings. The summed E-state index contributed by atoms with van der Waals surface area (Å²) in [6, 6.07) is 0. The van der Waals surface area contributed by atoms with Gasteiger partial charge in [-0.05, 0) is 0 Å². The number of hydrogen-bond acceptors (Lipinski definition) is 2. The number of halogens is 2. The van der Waals surface area contributed by atoms with E-state index in [-0.39, 0.29) is 15.9 Å². The molecule has 1 heterocycles. The van der Waals surface area contributed by atoms with Crippen LogP contribution in [0.5, 0.6) is 0 Å². The first-order chi connectivity index (χ1) is 4.63. The summed E-state index contributed by atoms with van der Waals surface area (Å²) < 4.78 is 0. The second-order valence-electron chi connectivity index (χ2n) is 1.51. The number of hydrogen-bond donors (Lipinski definition) is 2. The van der Waals surface area contributed by atoms with Gasteiger partial charge in [0.1, 0.15) is 10.7 Å². The normalized spacial score (nSPS) is 9.80. The van der Waals surface area contributed by atoms with Crippen molar-refractivity contribution < 1.29 is 9.90 Å². The molecule has 2 N–H and O–H groups in total. The minimum Gasteiger partial charge on any atom is -0.477 e. The van der Waals surface area contributed by atoms with Crippen molar-refractivity contribution in [3.8, 4) is 0 Å². The van der Waals surface area contributed by atoms with Gasteiger partial charge in [0.25, 0.3) is 0 Å². The Morgan fingerprint density at radius 3 is 2.40 bits per heavy atom. The summed E-state index contributed by atoms with van der Waals surface area (Å²) in [7, 11) is 0. The molecule has 0 aromatic carbocycles. The number of carboxylic acids is 1. The van der Waals surface area contributed by atoms with E-state index in [1.165, 1.54) is 0 Å². The number of H-pyrrole nitrogens is 1. The fourth-order valence-corrected chi connectivity index (χ4v) is 0.961. The minimum atomic E-state index is -1.19. The first kappa shape index (κ1) is 7.37. The van der Waals surface area contributed by atoms with Crippen LogP contribution in [0.1, 0.15) is 10.4 Å². The van der Waals surface area contributed by atoms with E-state index >= 15 is 0 Å². The van der Waals surface area contributed by atoms with Gasteiger partial charge in [0, 0.05) is 0 Å². The zero-order valence-electron chi connectivity index (χ0n) is 4.56. The average molecular weight is 181 g/mol. The molecule has 0 radical (unpaired) electrons. The van der Waals surface area contributed by atoms with Crippen molar-refractivity contribution in [1.82, 2.24) is 10.2 Å². The van der Waals surface area contributed by atoms with Gasteiger partial charge in [-0.1, -0.05) is 23.2 Å². The highest BCUT2D eigenvalue weighted by molar-refractivity contribution is 6.38. The molecule has 0 saturated heterocycles. The van der Waals surface area contributed by atoms with E-state index in [4.69, 9.17) is 28.3 Å². The molecular weight excluding hydrogens is 179 g/mol. The lowest BCUT2D eigenvalue weighted by molar-refractivity contribution is 0.0697. The fourth-order valence-electron chi connectivity index (χ4n) is 0.483. The van der Waals surface area contributed by atoms with Crippen molar-refractivity contribution in [3.05, 3.63) is 15.9 Å². The monoisotopic (exact) mass is 180 g/mol. The standard InChI is InChI=1S/C4H2Cl2N2O2/c5-2-1(4(9)10)3(6)8-7-2/h(H,7,8)(H,9,10). The zero-order chi connectivity index (χ0) is 7.72. The van der Waals surface area contributed by atoms with E-state index < -0.39 is 5.97 Å². The Labute approximate surface area is 65.8 Å². The number of aromatic amines is 1. The molecule has 1 aromatic rings. The molecule has 4 nitrogen and oxygen atoms in total. The zero-order valence-corrected chi connectivity index (χ0v) is 6.07. The summed E-state index contributed by atoms with van der Waals surface area (Å²) in [5, 5.41) is 13.8. The number of aromatic carboxylic acids is 1. The molecule has 0 aliphatic carbocycles. The van der Waals surface area contributed by atoms with Gasteiger partial charge in [-0.25, -0.2) is 4.79 Å². The largest absolute Gasteiger partial charge is 0.477 e. The fraction of sp³-hybridized carbons (Fsp3) is 0. The molecule has 0 atom stereocenters. The van der Waals surface area contributed by atoms with E-state index in [1.54, 1.807) is 0 Å². The summed E-state index contributed by atoms with van der Waals surface area (Å²) in [5.41, 5.74) is -0.191. The predicted molar refractivity (Wildman–Crippen MR) is 35.6 cm³/mol. The minimum absolute atomic E-state index is 0.0579. The molecular formula is C4H2Cl2N2O2. The van der Waals surface area contributed by atoms with Gasteiger partial charge >= 0.3 is 5.97 Å². The molecule has 1 aromatic heterocycles. The van der Waals surface area contributed by atoms with Crippen LogP contribution >= 0.6 is 23.2 Å². The molecule has 0 bridgehead atoms. The van der Waals surface area contributed by atoms with Crippen LogP contribution in [-0.4, -0.2) is 21.3 Å². The Morgan fingerprint density at radius 1 is 1.60 bits per heavy atom. The third kappa shape index (κ3) is 1.08. The molecule has 0 spiro atoms. The number of carboxylic acid groups (broad SMARTS) is 1. The molecule has 0 aliphatic heterocycles. The quantitative estimate of drug-likeness (QED) is 0.688. The van der Waals surface area contributed by atoms with Crippen LogP contribution in [0.3, 0.4) is 0 Å². The second kappa shape index (κ2) is 2.48. The molecule has 0 unspecified atom stereocenters. The summed E-state index contributed by atoms with van der Waals surface area (Å²) in [5.74, 6) is -1.19. The molecule has 1 rings (SSSR count). The van der Waals surface area contributed by atoms with Crippen molar-refractivity contribution >= 4 is 29.2 Å². The maximum atomic E-state index is 10.3. The van der Waals surface area contributed by atoms with Crippen LogP contribution in [0, 0.1) is 0 Å². The number of nitrogens with zero attached hydrogens (tertiary/aromatic N) is 1. The third-order valence-electron chi connectivity index (χ3n) is 0.892. The van der Waals surface area contributed by atoms with Crippen molar-refractivity contribution in [2.24, 2.45) is 0 Å². The van der Waals surface area contributed by atoms with Gasteiger partial charge in [0.2, 0.25) is 0 Å². The van der Waals surface area contributed by atoms with Crippen molar-refractivity contribution in [1.29, 1.82) is 0 Å². The summed E-state index contributed by atoms with van der Waals surface area (Å²) in [6.07, 6.45) is 0. The molecule has 0 aliphatic rings. The Balaban J connectivity index is 3.23. The maximum Gasteiger partial charge on any atom is 0.342 e. The number of carbonyl (C=O) groups is 1. The summed E-state index contributed by atoms with van der Waals surface area (Å²) >= 11 is 10.7. The van der Waals surface area contributed by atoms with Gasteiger partial charge in [-0.15, -0.1) is 0 Å². The van der Waals surface area contributed by atoms with Gasteiger partial charge in [-0.2, -0.15) is 5.10 Å². The van der Waals surface area contributed by atoms with Crippen molar-refractivity contribution in [2.75, 3.05) is 0 Å².